The third kappa shape index (κ3) is 28.7. The van der Waals surface area contributed by atoms with E-state index in [0.717, 1.165) is 43.0 Å². The van der Waals surface area contributed by atoms with Crippen molar-refractivity contribution in [2.75, 3.05) is 13.6 Å². The molecule has 19 atom stereocenters. The fraction of sp³-hybridized carbons (Fsp3) is 0.785. The Labute approximate surface area is 584 Å². The second kappa shape index (κ2) is 43.2. The van der Waals surface area contributed by atoms with Gasteiger partial charge in [0.1, 0.15) is 54.4 Å². The Hall–Kier alpha value is -7.70. The van der Waals surface area contributed by atoms with Crippen LogP contribution in [0.4, 0.5) is 0 Å². The van der Waals surface area contributed by atoms with E-state index in [2.05, 4.69) is 47.9 Å². The Morgan fingerprint density at radius 3 is 1.53 bits per heavy atom. The zero-order valence-electron chi connectivity index (χ0n) is 60.4. The van der Waals surface area contributed by atoms with Gasteiger partial charge < -0.3 is 111 Å². The summed E-state index contributed by atoms with van der Waals surface area (Å²) in [5.41, 5.74) is 16.5. The summed E-state index contributed by atoms with van der Waals surface area (Å²) in [6.07, 6.45) is -8.34. The summed E-state index contributed by atoms with van der Waals surface area (Å²) in [4.78, 5) is 193. The maximum atomic E-state index is 14.6. The van der Waals surface area contributed by atoms with E-state index in [9.17, 15) is 103 Å². The highest BCUT2D eigenvalue weighted by atomic mass is 16.4. The molecule has 0 aliphatic carbocycles. The van der Waals surface area contributed by atoms with E-state index in [1.165, 1.54) is 34.6 Å². The molecule has 0 bridgehead atoms. The van der Waals surface area contributed by atoms with Crippen molar-refractivity contribution in [1.29, 1.82) is 0 Å². The van der Waals surface area contributed by atoms with Gasteiger partial charge in [0.25, 0.3) is 0 Å². The van der Waals surface area contributed by atoms with Crippen molar-refractivity contribution in [1.82, 2.24) is 57.7 Å². The van der Waals surface area contributed by atoms with Crippen LogP contribution >= 0.6 is 0 Å². The number of hydrogen-bond acceptors (Lipinski definition) is 21. The maximum absolute atomic E-state index is 14.6. The zero-order chi connectivity index (χ0) is 77.1. The second-order valence-corrected chi connectivity index (χ2v) is 27.7. The molecule has 22 N–H and O–H groups in total. The predicted molar refractivity (Wildman–Crippen MR) is 362 cm³/mol. The number of carboxylic acid groups (broad SMARTS) is 1. The predicted octanol–water partition coefficient (Wildman–Crippen LogP) is -5.02. The molecule has 572 valence electrons. The molecule has 13 amide bonds. The van der Waals surface area contributed by atoms with Gasteiger partial charge in [-0.2, -0.15) is 0 Å². The first kappa shape index (κ1) is 90.3. The third-order valence-corrected chi connectivity index (χ3v) is 17.3. The molecule has 1 aliphatic rings. The molecule has 0 saturated carbocycles. The number of primary amides is 2. The van der Waals surface area contributed by atoms with Gasteiger partial charge in [-0.3, -0.25) is 62.3 Å². The summed E-state index contributed by atoms with van der Waals surface area (Å²) >= 11 is 0. The molecule has 100 heavy (non-hydrogen) atoms. The van der Waals surface area contributed by atoms with Gasteiger partial charge in [-0.05, 0) is 69.6 Å². The van der Waals surface area contributed by atoms with Gasteiger partial charge in [0, 0.05) is 38.9 Å². The van der Waals surface area contributed by atoms with E-state index in [4.69, 9.17) is 17.2 Å². The van der Waals surface area contributed by atoms with Crippen LogP contribution in [0.1, 0.15) is 174 Å². The minimum absolute atomic E-state index is 0.121. The largest absolute Gasteiger partial charge is 0.480 e. The zero-order valence-corrected chi connectivity index (χ0v) is 60.4. The fourth-order valence-corrected chi connectivity index (χ4v) is 11.1. The number of aliphatic carboxylic acids is 1. The van der Waals surface area contributed by atoms with Gasteiger partial charge in [-0.25, -0.2) is 4.79 Å². The molecule has 1 aliphatic heterocycles. The van der Waals surface area contributed by atoms with Crippen molar-refractivity contribution in [3.63, 3.8) is 0 Å². The van der Waals surface area contributed by atoms with Crippen molar-refractivity contribution >= 4 is 82.8 Å². The molecular weight excluding hydrogens is 1310 g/mol. The van der Waals surface area contributed by atoms with Gasteiger partial charge in [0.15, 0.2) is 12.1 Å². The minimum Gasteiger partial charge on any atom is -0.480 e. The van der Waals surface area contributed by atoms with Crippen LogP contribution in [0.3, 0.4) is 0 Å². The van der Waals surface area contributed by atoms with Crippen LogP contribution in [0.2, 0.25) is 0 Å². The first-order valence-electron chi connectivity index (χ1n) is 34.3. The molecule has 0 aromatic rings. The topological polar surface area (TPSA) is 573 Å². The van der Waals surface area contributed by atoms with Crippen LogP contribution < -0.4 is 65.1 Å². The number of carbonyl (C=O) groups is 14. The number of aliphatic hydroxyl groups is 6. The molecule has 1 rings (SSSR count). The molecule has 19 unspecified atom stereocenters. The Balaban J connectivity index is 3.66. The van der Waals surface area contributed by atoms with Crippen LogP contribution in [-0.2, 0) is 67.1 Å². The van der Waals surface area contributed by atoms with Crippen molar-refractivity contribution in [3.8, 4) is 0 Å². The number of carboxylic acids is 1. The number of rotatable bonds is 45. The first-order chi connectivity index (χ1) is 46.4. The normalized spacial score (nSPS) is 19.0. The van der Waals surface area contributed by atoms with Crippen molar-refractivity contribution in [2.45, 2.75) is 283 Å². The Morgan fingerprint density at radius 2 is 1.04 bits per heavy atom. The number of nitrogens with zero attached hydrogens (tertiary/aromatic N) is 2. The number of nitrogens with two attached hydrogens (primary N) is 3. The number of likely N-dealkylation sites (N-methyl/N-ethyl adjacent to an activating group) is 1. The fourth-order valence-electron chi connectivity index (χ4n) is 11.1. The van der Waals surface area contributed by atoms with E-state index >= 15 is 0 Å². The summed E-state index contributed by atoms with van der Waals surface area (Å²) in [7, 11) is 1.11. The second-order valence-electron chi connectivity index (χ2n) is 27.7. The summed E-state index contributed by atoms with van der Waals surface area (Å²) in [6.45, 7) is 20.8. The standard InChI is InChI=1S/C65H116N14O21/c1-16-18-19-20-21-22-37(26-43(84)72-44(30(5)6)58(92)77-49(65(99)100)52(86)32(9)10)69-59(93)45(35(13)80)73-56(90)40(25-29(3)4)71-57(91)41-27-38(82)28-79(41)64(98)46(36(14)81)74-61(95)48(53(87)54(68)88)76-62(96)50(33(11)17-2)78(15)63(97)39(23-24-42(67)83)70-60(94)47(51(85)31(7)8)75-55(89)34(12)66/h29-41,44-53,80-82,85-87H,16-28,66H2,1-15H3,(H2,67,83)(H2,68,88)(H,69,93)(H,70,94)(H,71,91)(H,72,84)(H,73,90)(H,74,95)(H,75,89)(H,76,96)(H,77,92)(H,99,100). The number of hydrogen-bond donors (Lipinski definition) is 19. The number of aliphatic hydroxyl groups excluding tert-OH is 6. The summed E-state index contributed by atoms with van der Waals surface area (Å²) < 4.78 is 0. The molecule has 35 nitrogen and oxygen atoms in total. The maximum Gasteiger partial charge on any atom is 0.328 e. The van der Waals surface area contributed by atoms with Crippen LogP contribution in [0.15, 0.2) is 0 Å². The van der Waals surface area contributed by atoms with E-state index < -0.39 is 248 Å². The molecule has 0 aromatic heterocycles. The number of carbonyl (C=O) groups excluding carboxylic acids is 13. The molecule has 0 radical (unpaired) electrons. The number of likely N-dealkylation sites (tertiary alicyclic amines) is 1. The molecule has 35 heteroatoms. The Kier molecular flexibility index (Phi) is 39.0. The van der Waals surface area contributed by atoms with E-state index in [1.54, 1.807) is 48.5 Å². The Bertz CT molecular complexity index is 2770. The van der Waals surface area contributed by atoms with Crippen molar-refractivity contribution in [3.05, 3.63) is 0 Å². The highest BCUT2D eigenvalue weighted by Crippen LogP contribution is 2.23. The van der Waals surface area contributed by atoms with Crippen LogP contribution in [0.5, 0.6) is 0 Å². The highest BCUT2D eigenvalue weighted by molar-refractivity contribution is 6.01. The summed E-state index contributed by atoms with van der Waals surface area (Å²) in [5, 5.41) is 97.2. The van der Waals surface area contributed by atoms with Gasteiger partial charge in [-0.15, -0.1) is 0 Å². The molecule has 1 heterocycles. The first-order valence-corrected chi connectivity index (χ1v) is 34.3. The number of amides is 13. The van der Waals surface area contributed by atoms with Crippen molar-refractivity contribution in [2.24, 2.45) is 46.8 Å². The molecular formula is C65H116N14O21. The molecule has 1 fully saturated rings. The average Bonchev–Trinajstić information content (AvgIpc) is 1.54. The molecule has 0 spiro atoms. The lowest BCUT2D eigenvalue weighted by atomic mass is 9.94. The van der Waals surface area contributed by atoms with E-state index in [1.807, 2.05) is 6.92 Å². The number of nitrogens with one attached hydrogen (secondary N) is 9. The lowest BCUT2D eigenvalue weighted by Gasteiger charge is -2.36. The van der Waals surface area contributed by atoms with Crippen LogP contribution in [-0.4, -0.2) is 251 Å². The minimum atomic E-state index is -2.59. The average molecular weight is 1430 g/mol. The summed E-state index contributed by atoms with van der Waals surface area (Å²) in [6, 6.07) is -19.5. The van der Waals surface area contributed by atoms with Crippen LogP contribution in [0.25, 0.3) is 0 Å². The van der Waals surface area contributed by atoms with Crippen molar-refractivity contribution < 1.29 is 103 Å². The lowest BCUT2D eigenvalue weighted by Crippen LogP contribution is -2.65. The van der Waals surface area contributed by atoms with Gasteiger partial charge in [0.2, 0.25) is 76.8 Å². The highest BCUT2D eigenvalue weighted by Gasteiger charge is 2.47. The van der Waals surface area contributed by atoms with E-state index in [-0.39, 0.29) is 25.2 Å². The smallest absolute Gasteiger partial charge is 0.328 e. The van der Waals surface area contributed by atoms with E-state index in [0.29, 0.717) is 12.8 Å². The number of β-amino-alcohol motifs (C(OH)–C–C–N with tert-alkyl or cyclic N) is 1. The van der Waals surface area contributed by atoms with Gasteiger partial charge in [-0.1, -0.05) is 115 Å². The SMILES string of the molecule is CCCCCCCC(CC(=O)NC(C(=O)NC(C(=O)O)C(O)C(C)C)C(C)C)NC(=O)C(NC(=O)C(CC(C)C)NC(=O)C1CC(O)CN1C(=O)C(NC(=O)C(NC(=O)C(C(C)CC)N(C)C(=O)C(CCC(N)=O)NC(=O)C(NC(=O)C(C)N)C(O)C(C)C)C(O)C(N)=O)C(C)O)C(C)O. The monoisotopic (exact) mass is 1430 g/mol. The molecule has 0 aromatic carbocycles. The van der Waals surface area contributed by atoms with Gasteiger partial charge in [0.05, 0.1) is 36.6 Å². The van der Waals surface area contributed by atoms with Gasteiger partial charge >= 0.3 is 5.97 Å². The lowest BCUT2D eigenvalue weighted by molar-refractivity contribution is -0.148. The third-order valence-electron chi connectivity index (χ3n) is 17.3. The summed E-state index contributed by atoms with van der Waals surface area (Å²) in [5.74, 6) is -18.6. The van der Waals surface area contributed by atoms with Crippen LogP contribution in [0, 0.1) is 29.6 Å². The number of unbranched alkanes of at least 4 members (excludes halogenated alkanes) is 4. The Morgan fingerprint density at radius 1 is 0.540 bits per heavy atom. The quantitative estimate of drug-likeness (QED) is 0.0254. The molecule has 1 saturated heterocycles.